The Hall–Kier alpha value is -2.88. The summed E-state index contributed by atoms with van der Waals surface area (Å²) in [7, 11) is 0. The van der Waals surface area contributed by atoms with E-state index in [1.54, 1.807) is 11.8 Å². The van der Waals surface area contributed by atoms with Crippen molar-refractivity contribution < 1.29 is 9.15 Å². The van der Waals surface area contributed by atoms with E-state index in [0.717, 1.165) is 40.4 Å². The van der Waals surface area contributed by atoms with Crippen molar-refractivity contribution in [2.45, 2.75) is 91.9 Å². The standard InChI is InChI=1S/C39H42N2O2S4/c1-5-6-7-8-9-10-11-12-13-16-27-42-34-25-23-33(24-26-34)37-41-40-36(43-37)32-21-19-31(20-22-32)17-14-15-18-35-30(4)46-39(47-35)38-44-28(2)29(3)45-38/h19-26H,5-13,16,27H2,1-4H3. The summed E-state index contributed by atoms with van der Waals surface area (Å²) in [5, 5.41) is 8.54. The first-order valence-corrected chi connectivity index (χ1v) is 19.8. The number of ether oxygens (including phenoxy) is 1. The number of allylic oxidation sites excluding steroid dienone is 4. The molecule has 0 fully saturated rings. The normalized spacial score (nSPS) is 14.4. The van der Waals surface area contributed by atoms with Gasteiger partial charge in [-0.25, -0.2) is 0 Å². The van der Waals surface area contributed by atoms with Gasteiger partial charge in [0.25, 0.3) is 0 Å². The predicted molar refractivity (Wildman–Crippen MR) is 206 cm³/mol. The number of hydrogen-bond acceptors (Lipinski definition) is 8. The molecular formula is C39H42N2O2S4. The van der Waals surface area contributed by atoms with Crippen LogP contribution < -0.4 is 4.74 Å². The van der Waals surface area contributed by atoms with E-state index in [9.17, 15) is 0 Å². The Bertz CT molecular complexity index is 1710. The van der Waals surface area contributed by atoms with E-state index < -0.39 is 0 Å². The maximum atomic E-state index is 5.99. The smallest absolute Gasteiger partial charge is 0.248 e. The molecule has 1 aromatic heterocycles. The summed E-state index contributed by atoms with van der Waals surface area (Å²) in [6.45, 7) is 9.52. The van der Waals surface area contributed by atoms with Crippen LogP contribution in [0.3, 0.4) is 0 Å². The number of benzene rings is 2. The Labute approximate surface area is 297 Å². The Kier molecular flexibility index (Phi) is 14.0. The van der Waals surface area contributed by atoms with E-state index in [0.29, 0.717) is 11.8 Å². The average Bonchev–Trinajstić information content (AvgIpc) is 3.81. The van der Waals surface area contributed by atoms with Crippen molar-refractivity contribution in [1.82, 2.24) is 10.2 Å². The lowest BCUT2D eigenvalue weighted by atomic mass is 10.1. The van der Waals surface area contributed by atoms with Crippen molar-refractivity contribution in [2.75, 3.05) is 6.61 Å². The molecule has 244 valence electrons. The van der Waals surface area contributed by atoms with Crippen LogP contribution in [0.5, 0.6) is 5.75 Å². The molecule has 0 amide bonds. The lowest BCUT2D eigenvalue weighted by Crippen LogP contribution is -1.97. The molecule has 0 radical (unpaired) electrons. The number of hydrogen-bond donors (Lipinski definition) is 0. The maximum absolute atomic E-state index is 5.99. The van der Waals surface area contributed by atoms with Crippen molar-refractivity contribution in [3.63, 3.8) is 0 Å². The quantitative estimate of drug-likeness (QED) is 0.122. The molecule has 0 spiro atoms. The van der Waals surface area contributed by atoms with Gasteiger partial charge in [0.2, 0.25) is 11.8 Å². The van der Waals surface area contributed by atoms with Crippen molar-refractivity contribution in [2.24, 2.45) is 0 Å². The molecule has 8 heteroatoms. The summed E-state index contributed by atoms with van der Waals surface area (Å²) in [5.41, 5.74) is 2.60. The SMILES string of the molecule is CCCCCCCCCCCCOc1ccc(-c2nnc(-c3ccc(C#CC#CC4=C(C)SC(=C5SC(C)=C(C)S5)S4)cc3)o2)cc1. The maximum Gasteiger partial charge on any atom is 0.248 e. The second kappa shape index (κ2) is 18.6. The van der Waals surface area contributed by atoms with Crippen molar-refractivity contribution in [3.05, 3.63) is 82.2 Å². The highest BCUT2D eigenvalue weighted by Crippen LogP contribution is 2.59. The van der Waals surface area contributed by atoms with E-state index in [1.165, 1.54) is 81.0 Å². The van der Waals surface area contributed by atoms with Crippen molar-refractivity contribution in [3.8, 4) is 52.3 Å². The fraction of sp³-hybridized carbons (Fsp3) is 0.385. The highest BCUT2D eigenvalue weighted by molar-refractivity contribution is 8.34. The van der Waals surface area contributed by atoms with Crippen LogP contribution >= 0.6 is 47.0 Å². The fourth-order valence-electron chi connectivity index (χ4n) is 4.91. The topological polar surface area (TPSA) is 48.2 Å². The summed E-state index contributed by atoms with van der Waals surface area (Å²) >= 11 is 7.30. The molecule has 5 rings (SSSR count). The molecule has 2 aromatic carbocycles. The summed E-state index contributed by atoms with van der Waals surface area (Å²) in [6.07, 6.45) is 13.2. The number of thioether (sulfide) groups is 4. The Morgan fingerprint density at radius 2 is 1.11 bits per heavy atom. The highest BCUT2D eigenvalue weighted by atomic mass is 32.2. The summed E-state index contributed by atoms with van der Waals surface area (Å²) in [6, 6.07) is 15.7. The van der Waals surface area contributed by atoms with Gasteiger partial charge in [-0.2, -0.15) is 0 Å². The molecule has 0 bridgehead atoms. The van der Waals surface area contributed by atoms with Gasteiger partial charge in [0.1, 0.15) is 5.75 Å². The third-order valence-corrected chi connectivity index (χ3v) is 13.5. The first kappa shape index (κ1) is 35.4. The van der Waals surface area contributed by atoms with Crippen LogP contribution in [0.4, 0.5) is 0 Å². The molecule has 0 atom stereocenters. The van der Waals surface area contributed by atoms with Crippen LogP contribution in [0.25, 0.3) is 22.9 Å². The lowest BCUT2D eigenvalue weighted by Gasteiger charge is -2.06. The number of unbranched alkanes of at least 4 members (excludes halogenated alkanes) is 9. The Balaban J connectivity index is 1.05. The van der Waals surface area contributed by atoms with Gasteiger partial charge >= 0.3 is 0 Å². The predicted octanol–water partition coefficient (Wildman–Crippen LogP) is 12.6. The minimum absolute atomic E-state index is 0.475. The molecule has 0 saturated carbocycles. The number of rotatable bonds is 14. The van der Waals surface area contributed by atoms with Gasteiger partial charge in [-0.05, 0) is 103 Å². The van der Waals surface area contributed by atoms with E-state index in [-0.39, 0.29) is 0 Å². The molecule has 47 heavy (non-hydrogen) atoms. The summed E-state index contributed by atoms with van der Waals surface area (Å²) in [5.74, 6) is 14.3. The van der Waals surface area contributed by atoms with E-state index in [2.05, 4.69) is 61.6 Å². The van der Waals surface area contributed by atoms with Crippen LogP contribution in [0.15, 0.2) is 81.0 Å². The second-order valence-corrected chi connectivity index (χ2v) is 16.7. The molecule has 0 saturated heterocycles. The second-order valence-electron chi connectivity index (χ2n) is 11.5. The first-order chi connectivity index (χ1) is 23.0. The van der Waals surface area contributed by atoms with E-state index in [1.807, 2.05) is 83.8 Å². The van der Waals surface area contributed by atoms with E-state index >= 15 is 0 Å². The van der Waals surface area contributed by atoms with Crippen LogP contribution in [-0.2, 0) is 0 Å². The van der Waals surface area contributed by atoms with Crippen molar-refractivity contribution in [1.29, 1.82) is 0 Å². The molecule has 3 heterocycles. The van der Waals surface area contributed by atoms with Crippen LogP contribution in [0.1, 0.15) is 97.5 Å². The third-order valence-electron chi connectivity index (χ3n) is 7.78. The van der Waals surface area contributed by atoms with Crippen LogP contribution in [0, 0.1) is 23.7 Å². The fourth-order valence-corrected chi connectivity index (χ4v) is 10.1. The van der Waals surface area contributed by atoms with E-state index in [4.69, 9.17) is 9.15 Å². The van der Waals surface area contributed by atoms with Gasteiger partial charge in [-0.3, -0.25) is 0 Å². The molecular weight excluding hydrogens is 657 g/mol. The molecule has 0 unspecified atom stereocenters. The van der Waals surface area contributed by atoms with Gasteiger partial charge in [0.05, 0.1) is 20.0 Å². The van der Waals surface area contributed by atoms with Crippen LogP contribution in [-0.4, -0.2) is 16.8 Å². The summed E-state index contributed by atoms with van der Waals surface area (Å²) < 4.78 is 14.6. The molecule has 0 aliphatic carbocycles. The number of nitrogens with zero attached hydrogens (tertiary/aromatic N) is 2. The highest BCUT2D eigenvalue weighted by Gasteiger charge is 2.25. The minimum Gasteiger partial charge on any atom is -0.494 e. The molecule has 3 aromatic rings. The van der Waals surface area contributed by atoms with Gasteiger partial charge < -0.3 is 9.15 Å². The monoisotopic (exact) mass is 698 g/mol. The van der Waals surface area contributed by atoms with Crippen LogP contribution in [0.2, 0.25) is 0 Å². The van der Waals surface area contributed by atoms with Gasteiger partial charge in [-0.1, -0.05) is 118 Å². The number of aromatic nitrogens is 2. The average molecular weight is 699 g/mol. The molecule has 2 aliphatic rings. The van der Waals surface area contributed by atoms with Gasteiger partial charge in [0, 0.05) is 21.6 Å². The Morgan fingerprint density at radius 3 is 1.72 bits per heavy atom. The van der Waals surface area contributed by atoms with Crippen molar-refractivity contribution >= 4 is 47.0 Å². The lowest BCUT2D eigenvalue weighted by molar-refractivity contribution is 0.304. The summed E-state index contributed by atoms with van der Waals surface area (Å²) in [4.78, 5) is 5.10. The van der Waals surface area contributed by atoms with Gasteiger partial charge in [-0.15, -0.1) is 10.2 Å². The zero-order valence-electron chi connectivity index (χ0n) is 27.7. The first-order valence-electron chi connectivity index (χ1n) is 16.5. The van der Waals surface area contributed by atoms with Gasteiger partial charge in [0.15, 0.2) is 0 Å². The Morgan fingerprint density at radius 1 is 0.596 bits per heavy atom. The zero-order chi connectivity index (χ0) is 32.8. The molecule has 0 N–H and O–H groups in total. The molecule has 4 nitrogen and oxygen atoms in total. The zero-order valence-corrected chi connectivity index (χ0v) is 31.0. The minimum atomic E-state index is 0.475. The largest absolute Gasteiger partial charge is 0.494 e. The molecule has 2 aliphatic heterocycles. The third kappa shape index (κ3) is 10.8.